The largest absolute Gasteiger partial charge is 0.506 e. The molecule has 0 radical (unpaired) electrons. The monoisotopic (exact) mass is 367 g/mol. The number of aryl methyl sites for hydroxylation is 1. The third-order valence-electron chi connectivity index (χ3n) is 4.58. The second kappa shape index (κ2) is 5.51. The molecule has 0 spiro atoms. The fraction of sp³-hybridized carbons (Fsp3) is 0.158. The SMILES string of the molecule is Cc1n[nH]c2nc(-c3ccc(O)c(Cl)c3)c3cc4c(cc3c12)OCCO4. The summed E-state index contributed by atoms with van der Waals surface area (Å²) in [5, 5.41) is 20.1. The van der Waals surface area contributed by atoms with Crippen LogP contribution in [0.4, 0.5) is 0 Å². The number of rotatable bonds is 1. The first-order valence-corrected chi connectivity index (χ1v) is 8.56. The molecule has 0 fully saturated rings. The van der Waals surface area contributed by atoms with Gasteiger partial charge in [-0.25, -0.2) is 4.98 Å². The van der Waals surface area contributed by atoms with Gasteiger partial charge in [-0.2, -0.15) is 5.10 Å². The van der Waals surface area contributed by atoms with Gasteiger partial charge in [0.15, 0.2) is 17.1 Å². The second-order valence-electron chi connectivity index (χ2n) is 6.20. The normalized spacial score (nSPS) is 13.5. The first-order valence-electron chi connectivity index (χ1n) is 8.19. The zero-order chi connectivity index (χ0) is 17.8. The lowest BCUT2D eigenvalue weighted by atomic mass is 10.00. The van der Waals surface area contributed by atoms with E-state index in [4.69, 9.17) is 26.1 Å². The van der Waals surface area contributed by atoms with Crippen molar-refractivity contribution < 1.29 is 14.6 Å². The van der Waals surface area contributed by atoms with Gasteiger partial charge in [-0.15, -0.1) is 0 Å². The molecule has 0 aliphatic carbocycles. The number of fused-ring (bicyclic) bond motifs is 4. The predicted molar refractivity (Wildman–Crippen MR) is 99.2 cm³/mol. The molecule has 0 bridgehead atoms. The Morgan fingerprint density at radius 2 is 1.81 bits per heavy atom. The van der Waals surface area contributed by atoms with Crippen LogP contribution in [0.5, 0.6) is 17.2 Å². The zero-order valence-corrected chi connectivity index (χ0v) is 14.6. The van der Waals surface area contributed by atoms with Crippen LogP contribution in [-0.2, 0) is 0 Å². The topological polar surface area (TPSA) is 80.3 Å². The number of phenols is 1. The van der Waals surface area contributed by atoms with Crippen LogP contribution in [0.2, 0.25) is 5.02 Å². The Kier molecular flexibility index (Phi) is 3.24. The summed E-state index contributed by atoms with van der Waals surface area (Å²) >= 11 is 6.11. The highest BCUT2D eigenvalue weighted by atomic mass is 35.5. The fourth-order valence-electron chi connectivity index (χ4n) is 3.36. The highest BCUT2D eigenvalue weighted by Crippen LogP contribution is 2.41. The first kappa shape index (κ1) is 15.3. The molecule has 130 valence electrons. The predicted octanol–water partition coefficient (Wildman–Crippen LogP) is 4.22. The third kappa shape index (κ3) is 2.19. The average Bonchev–Trinajstić information content (AvgIpc) is 3.03. The summed E-state index contributed by atoms with van der Waals surface area (Å²) in [6.45, 7) is 2.98. The van der Waals surface area contributed by atoms with Crippen LogP contribution in [0.15, 0.2) is 30.3 Å². The Morgan fingerprint density at radius 1 is 1.08 bits per heavy atom. The molecule has 0 atom stereocenters. The number of benzene rings is 2. The standard InChI is InChI=1S/C19H14ClN3O3/c1-9-17-11-7-15-16(26-5-4-25-15)8-12(11)18(21-19(17)23-22-9)10-2-3-14(24)13(20)6-10/h2-3,6-8,24H,4-5H2,1H3,(H,21,22,23). The summed E-state index contributed by atoms with van der Waals surface area (Å²) in [5.74, 6) is 1.44. The number of pyridine rings is 1. The van der Waals surface area contributed by atoms with E-state index in [1.807, 2.05) is 19.1 Å². The minimum absolute atomic E-state index is 0.0345. The van der Waals surface area contributed by atoms with Gasteiger partial charge < -0.3 is 14.6 Å². The van der Waals surface area contributed by atoms with Gasteiger partial charge in [0.05, 0.1) is 16.4 Å². The van der Waals surface area contributed by atoms with Crippen molar-refractivity contribution in [3.8, 4) is 28.5 Å². The third-order valence-corrected chi connectivity index (χ3v) is 4.88. The van der Waals surface area contributed by atoms with Gasteiger partial charge in [0.25, 0.3) is 0 Å². The summed E-state index contributed by atoms with van der Waals surface area (Å²) in [7, 11) is 0. The van der Waals surface area contributed by atoms with Gasteiger partial charge in [-0.1, -0.05) is 11.6 Å². The molecule has 0 unspecified atom stereocenters. The maximum atomic E-state index is 9.73. The number of phenolic OH excluding ortho intramolecular Hbond substituents is 1. The quantitative estimate of drug-likeness (QED) is 0.526. The Morgan fingerprint density at radius 3 is 2.54 bits per heavy atom. The number of halogens is 1. The number of ether oxygens (including phenoxy) is 2. The van der Waals surface area contributed by atoms with Crippen LogP contribution < -0.4 is 9.47 Å². The minimum Gasteiger partial charge on any atom is -0.506 e. The van der Waals surface area contributed by atoms with Gasteiger partial charge in [0.1, 0.15) is 19.0 Å². The zero-order valence-electron chi connectivity index (χ0n) is 13.8. The molecule has 1 aliphatic heterocycles. The van der Waals surface area contributed by atoms with Gasteiger partial charge in [0, 0.05) is 21.7 Å². The molecule has 0 amide bonds. The number of aromatic amines is 1. The molecular formula is C19H14ClN3O3. The molecule has 2 aromatic heterocycles. The van der Waals surface area contributed by atoms with E-state index in [-0.39, 0.29) is 10.8 Å². The summed E-state index contributed by atoms with van der Waals surface area (Å²) in [6, 6.07) is 8.96. The van der Waals surface area contributed by atoms with Crippen LogP contribution in [0.3, 0.4) is 0 Å². The molecule has 7 heteroatoms. The van der Waals surface area contributed by atoms with Crippen molar-refractivity contribution in [2.45, 2.75) is 6.92 Å². The van der Waals surface area contributed by atoms with E-state index in [0.717, 1.165) is 33.1 Å². The van der Waals surface area contributed by atoms with Crippen molar-refractivity contribution in [2.75, 3.05) is 13.2 Å². The van der Waals surface area contributed by atoms with Crippen molar-refractivity contribution in [3.63, 3.8) is 0 Å². The van der Waals surface area contributed by atoms with Gasteiger partial charge in [-0.05, 0) is 37.3 Å². The summed E-state index contributed by atoms with van der Waals surface area (Å²) in [5.41, 5.74) is 3.08. The Balaban J connectivity index is 1.90. The molecule has 2 aromatic carbocycles. The van der Waals surface area contributed by atoms with Crippen molar-refractivity contribution in [2.24, 2.45) is 0 Å². The van der Waals surface area contributed by atoms with Crippen molar-refractivity contribution in [1.82, 2.24) is 15.2 Å². The molecule has 3 heterocycles. The lowest BCUT2D eigenvalue weighted by molar-refractivity contribution is 0.172. The Labute approximate surface area is 153 Å². The van der Waals surface area contributed by atoms with Gasteiger partial charge in [0.2, 0.25) is 0 Å². The van der Waals surface area contributed by atoms with Crippen LogP contribution in [-0.4, -0.2) is 33.5 Å². The van der Waals surface area contributed by atoms with E-state index < -0.39 is 0 Å². The van der Waals surface area contributed by atoms with E-state index in [1.165, 1.54) is 0 Å². The maximum Gasteiger partial charge on any atom is 0.162 e. The molecule has 5 rings (SSSR count). The van der Waals surface area contributed by atoms with Crippen molar-refractivity contribution in [3.05, 3.63) is 41.0 Å². The fourth-order valence-corrected chi connectivity index (χ4v) is 3.54. The van der Waals surface area contributed by atoms with Crippen LogP contribution in [0, 0.1) is 6.92 Å². The van der Waals surface area contributed by atoms with Crippen LogP contribution >= 0.6 is 11.6 Å². The smallest absolute Gasteiger partial charge is 0.162 e. The summed E-state index contributed by atoms with van der Waals surface area (Å²) < 4.78 is 11.5. The van der Waals surface area contributed by atoms with Crippen LogP contribution in [0.25, 0.3) is 33.1 Å². The molecule has 1 aliphatic rings. The number of aromatic hydroxyl groups is 1. The number of hydrogen-bond donors (Lipinski definition) is 2. The number of H-pyrrole nitrogens is 1. The van der Waals surface area contributed by atoms with E-state index in [9.17, 15) is 5.11 Å². The molecule has 2 N–H and O–H groups in total. The van der Waals surface area contributed by atoms with Crippen LogP contribution in [0.1, 0.15) is 5.69 Å². The molecule has 0 saturated carbocycles. The Hall–Kier alpha value is -2.99. The lowest BCUT2D eigenvalue weighted by Crippen LogP contribution is -2.15. The van der Waals surface area contributed by atoms with E-state index in [2.05, 4.69) is 10.2 Å². The van der Waals surface area contributed by atoms with Crippen molar-refractivity contribution in [1.29, 1.82) is 0 Å². The molecule has 6 nitrogen and oxygen atoms in total. The van der Waals surface area contributed by atoms with E-state index in [1.54, 1.807) is 18.2 Å². The Bertz CT molecular complexity index is 1190. The highest BCUT2D eigenvalue weighted by Gasteiger charge is 2.20. The number of nitrogens with one attached hydrogen (secondary N) is 1. The highest BCUT2D eigenvalue weighted by molar-refractivity contribution is 6.32. The molecule has 0 saturated heterocycles. The average molecular weight is 368 g/mol. The number of hydrogen-bond acceptors (Lipinski definition) is 5. The number of aromatic nitrogens is 3. The summed E-state index contributed by atoms with van der Waals surface area (Å²) in [6.07, 6.45) is 0. The molecule has 4 aromatic rings. The number of nitrogens with zero attached hydrogens (tertiary/aromatic N) is 2. The summed E-state index contributed by atoms with van der Waals surface area (Å²) in [4.78, 5) is 4.76. The maximum absolute atomic E-state index is 9.73. The van der Waals surface area contributed by atoms with E-state index in [0.29, 0.717) is 30.4 Å². The minimum atomic E-state index is 0.0345. The first-order chi connectivity index (χ1) is 12.6. The lowest BCUT2D eigenvalue weighted by Gasteiger charge is -2.20. The molecular weight excluding hydrogens is 354 g/mol. The molecule has 26 heavy (non-hydrogen) atoms. The van der Waals surface area contributed by atoms with Gasteiger partial charge in [-0.3, -0.25) is 5.10 Å². The second-order valence-corrected chi connectivity index (χ2v) is 6.61. The van der Waals surface area contributed by atoms with E-state index >= 15 is 0 Å². The van der Waals surface area contributed by atoms with Gasteiger partial charge >= 0.3 is 0 Å². The van der Waals surface area contributed by atoms with Crippen molar-refractivity contribution >= 4 is 33.4 Å².